The number of hydrogen-bond acceptors (Lipinski definition) is 5. The van der Waals surface area contributed by atoms with E-state index in [1.54, 1.807) is 25.7 Å². The Balaban J connectivity index is 0.000000179. The molecule has 1 saturated carbocycles. The van der Waals surface area contributed by atoms with Gasteiger partial charge in [0.15, 0.2) is 0 Å². The average Bonchev–Trinajstić information content (AvgIpc) is 3.45. The third-order valence-electron chi connectivity index (χ3n) is 3.53. The molecule has 4 rings (SSSR count). The van der Waals surface area contributed by atoms with Gasteiger partial charge in [-0.1, -0.05) is 0 Å². The van der Waals surface area contributed by atoms with Crippen molar-refractivity contribution in [3.05, 3.63) is 53.4 Å². The fourth-order valence-corrected chi connectivity index (χ4v) is 2.43. The topological polar surface area (TPSA) is 57.1 Å². The fourth-order valence-electron chi connectivity index (χ4n) is 2.01. The summed E-state index contributed by atoms with van der Waals surface area (Å²) in [6, 6.07) is 9.46. The third-order valence-corrected chi connectivity index (χ3v) is 4.10. The van der Waals surface area contributed by atoms with E-state index in [2.05, 4.69) is 30.9 Å². The zero-order valence-corrected chi connectivity index (χ0v) is 14.9. The highest BCUT2D eigenvalue weighted by atomic mass is 79.9. The van der Waals surface area contributed by atoms with Crippen molar-refractivity contribution >= 4 is 27.0 Å². The molecule has 3 aromatic heterocycles. The molecule has 5 nitrogen and oxygen atoms in total. The normalized spacial score (nSPS) is 13.1. The van der Waals surface area contributed by atoms with Crippen LogP contribution in [0.1, 0.15) is 12.8 Å². The molecule has 124 valence electrons. The van der Waals surface area contributed by atoms with Crippen molar-refractivity contribution in [2.24, 2.45) is 5.92 Å². The molecule has 1 fully saturated rings. The summed E-state index contributed by atoms with van der Waals surface area (Å²) in [5.41, 5.74) is 1.75. The zero-order valence-electron chi connectivity index (χ0n) is 13.4. The van der Waals surface area contributed by atoms with Gasteiger partial charge in [-0.15, -0.1) is 0 Å². The Kier molecular flexibility index (Phi) is 5.59. The summed E-state index contributed by atoms with van der Waals surface area (Å²) in [7, 11) is 1.62. The van der Waals surface area contributed by atoms with Gasteiger partial charge in [-0.3, -0.25) is 9.97 Å². The van der Waals surface area contributed by atoms with Gasteiger partial charge in [0.2, 0.25) is 5.88 Å². The number of fused-ring (bicyclic) bond motifs is 1. The standard InChI is InChI=1S/C12H11BrN2O.C6H7NO/c13-9-6-11-10(2-1-5-14-11)15-12(9)16-7-8-3-4-8;1-8-6-3-2-4-7-5-6/h1-2,5-6,8H,3-4,7H2;2-5H,1H3. The summed E-state index contributed by atoms with van der Waals surface area (Å²) in [5.74, 6) is 2.21. The van der Waals surface area contributed by atoms with Crippen LogP contribution < -0.4 is 9.47 Å². The van der Waals surface area contributed by atoms with E-state index in [-0.39, 0.29) is 0 Å². The first-order valence-electron chi connectivity index (χ1n) is 7.74. The first-order chi connectivity index (χ1) is 11.8. The molecule has 3 aromatic rings. The largest absolute Gasteiger partial charge is 0.495 e. The quantitative estimate of drug-likeness (QED) is 0.668. The predicted octanol–water partition coefficient (Wildman–Crippen LogP) is 4.27. The molecule has 0 aliphatic heterocycles. The van der Waals surface area contributed by atoms with E-state index in [1.165, 1.54) is 12.8 Å². The van der Waals surface area contributed by atoms with Gasteiger partial charge in [-0.25, -0.2) is 4.98 Å². The summed E-state index contributed by atoms with van der Waals surface area (Å²) in [4.78, 5) is 12.5. The second kappa shape index (κ2) is 8.06. The summed E-state index contributed by atoms with van der Waals surface area (Å²) in [6.45, 7) is 0.775. The maximum Gasteiger partial charge on any atom is 0.228 e. The van der Waals surface area contributed by atoms with Gasteiger partial charge in [0.05, 0.1) is 35.4 Å². The number of hydrogen-bond donors (Lipinski definition) is 0. The number of ether oxygens (including phenoxy) is 2. The molecule has 1 aliphatic rings. The maximum absolute atomic E-state index is 5.68. The number of methoxy groups -OCH3 is 1. The molecule has 0 N–H and O–H groups in total. The van der Waals surface area contributed by atoms with Gasteiger partial charge in [0, 0.05) is 12.4 Å². The van der Waals surface area contributed by atoms with Crippen LogP contribution in [0.5, 0.6) is 11.6 Å². The highest BCUT2D eigenvalue weighted by Crippen LogP contribution is 2.31. The first-order valence-corrected chi connectivity index (χ1v) is 8.53. The summed E-state index contributed by atoms with van der Waals surface area (Å²) >= 11 is 3.46. The molecule has 6 heteroatoms. The lowest BCUT2D eigenvalue weighted by atomic mass is 10.3. The van der Waals surface area contributed by atoms with Gasteiger partial charge in [0.1, 0.15) is 5.75 Å². The zero-order chi connectivity index (χ0) is 16.8. The van der Waals surface area contributed by atoms with E-state index < -0.39 is 0 Å². The van der Waals surface area contributed by atoms with Crippen LogP contribution in [0.4, 0.5) is 0 Å². The number of pyridine rings is 3. The van der Waals surface area contributed by atoms with Crippen LogP contribution in [-0.2, 0) is 0 Å². The number of aromatic nitrogens is 3. The average molecular weight is 388 g/mol. The minimum atomic E-state index is 0.674. The molecule has 0 unspecified atom stereocenters. The molecular formula is C18H18BrN3O2. The lowest BCUT2D eigenvalue weighted by Crippen LogP contribution is -2.01. The van der Waals surface area contributed by atoms with E-state index >= 15 is 0 Å². The second-order valence-corrected chi connectivity index (χ2v) is 6.32. The molecule has 1 aliphatic carbocycles. The van der Waals surface area contributed by atoms with Crippen LogP contribution in [0.3, 0.4) is 0 Å². The number of rotatable bonds is 4. The molecule has 0 amide bonds. The highest BCUT2D eigenvalue weighted by Gasteiger charge is 2.22. The number of halogens is 1. The first kappa shape index (κ1) is 16.6. The van der Waals surface area contributed by atoms with E-state index in [9.17, 15) is 0 Å². The van der Waals surface area contributed by atoms with Crippen molar-refractivity contribution in [1.82, 2.24) is 15.0 Å². The molecule has 0 spiro atoms. The van der Waals surface area contributed by atoms with E-state index in [1.807, 2.05) is 30.3 Å². The SMILES string of the molecule is Brc1cc2ncccc2nc1OCC1CC1.COc1cccnc1. The van der Waals surface area contributed by atoms with Crippen LogP contribution >= 0.6 is 15.9 Å². The Morgan fingerprint density at radius 1 is 1.17 bits per heavy atom. The molecule has 0 atom stereocenters. The molecule has 24 heavy (non-hydrogen) atoms. The molecule has 0 aromatic carbocycles. The fraction of sp³-hybridized carbons (Fsp3) is 0.278. The summed E-state index contributed by atoms with van der Waals surface area (Å²) in [5, 5.41) is 0. The van der Waals surface area contributed by atoms with Gasteiger partial charge >= 0.3 is 0 Å². The Bertz CT molecular complexity index is 795. The molecule has 3 heterocycles. The van der Waals surface area contributed by atoms with Gasteiger partial charge in [-0.2, -0.15) is 0 Å². The monoisotopic (exact) mass is 387 g/mol. The Morgan fingerprint density at radius 3 is 2.67 bits per heavy atom. The Hall–Kier alpha value is -2.21. The van der Waals surface area contributed by atoms with Crippen LogP contribution in [0.25, 0.3) is 11.0 Å². The van der Waals surface area contributed by atoms with Gasteiger partial charge < -0.3 is 9.47 Å². The Morgan fingerprint density at radius 2 is 2.00 bits per heavy atom. The smallest absolute Gasteiger partial charge is 0.228 e. The van der Waals surface area contributed by atoms with Crippen LogP contribution in [0.15, 0.2) is 53.4 Å². The van der Waals surface area contributed by atoms with Crippen LogP contribution in [-0.4, -0.2) is 28.7 Å². The van der Waals surface area contributed by atoms with Crippen molar-refractivity contribution in [2.75, 3.05) is 13.7 Å². The van der Waals surface area contributed by atoms with E-state index in [0.717, 1.165) is 33.8 Å². The molecule has 0 saturated heterocycles. The lowest BCUT2D eigenvalue weighted by Gasteiger charge is -2.07. The highest BCUT2D eigenvalue weighted by molar-refractivity contribution is 9.10. The second-order valence-electron chi connectivity index (χ2n) is 5.46. The van der Waals surface area contributed by atoms with Crippen molar-refractivity contribution in [1.29, 1.82) is 0 Å². The van der Waals surface area contributed by atoms with Crippen molar-refractivity contribution in [3.8, 4) is 11.6 Å². The third kappa shape index (κ3) is 4.64. The molecular weight excluding hydrogens is 370 g/mol. The van der Waals surface area contributed by atoms with Crippen molar-refractivity contribution in [3.63, 3.8) is 0 Å². The van der Waals surface area contributed by atoms with E-state index in [4.69, 9.17) is 9.47 Å². The maximum atomic E-state index is 5.68. The predicted molar refractivity (Wildman–Crippen MR) is 96.2 cm³/mol. The Labute approximate surface area is 149 Å². The van der Waals surface area contributed by atoms with Gasteiger partial charge in [-0.05, 0) is 65.0 Å². The van der Waals surface area contributed by atoms with Crippen molar-refractivity contribution in [2.45, 2.75) is 12.8 Å². The number of nitrogens with zero attached hydrogens (tertiary/aromatic N) is 3. The molecule has 0 bridgehead atoms. The minimum absolute atomic E-state index is 0.674. The minimum Gasteiger partial charge on any atom is -0.495 e. The van der Waals surface area contributed by atoms with Crippen LogP contribution in [0, 0.1) is 5.92 Å². The summed E-state index contributed by atoms with van der Waals surface area (Å²) < 4.78 is 11.4. The van der Waals surface area contributed by atoms with Gasteiger partial charge in [0.25, 0.3) is 0 Å². The van der Waals surface area contributed by atoms with Crippen LogP contribution in [0.2, 0.25) is 0 Å². The van der Waals surface area contributed by atoms with Crippen molar-refractivity contribution < 1.29 is 9.47 Å². The summed E-state index contributed by atoms with van der Waals surface area (Å²) in [6.07, 6.45) is 7.71. The lowest BCUT2D eigenvalue weighted by molar-refractivity contribution is 0.287. The molecule has 0 radical (unpaired) electrons. The van der Waals surface area contributed by atoms with E-state index in [0.29, 0.717) is 5.88 Å².